The third kappa shape index (κ3) is 3.73. The van der Waals surface area contributed by atoms with E-state index >= 15 is 0 Å². The molecule has 0 radical (unpaired) electrons. The van der Waals surface area contributed by atoms with E-state index in [1.54, 1.807) is 11.7 Å². The lowest BCUT2D eigenvalue weighted by molar-refractivity contribution is -0.142. The van der Waals surface area contributed by atoms with Crippen LogP contribution < -0.4 is 5.32 Å². The number of aryl methyl sites for hydroxylation is 2. The molecule has 0 bridgehead atoms. The van der Waals surface area contributed by atoms with Crippen LogP contribution in [0.25, 0.3) is 0 Å². The lowest BCUT2D eigenvalue weighted by atomic mass is 10.3. The highest BCUT2D eigenvalue weighted by molar-refractivity contribution is 5.37. The number of nitrogens with zero attached hydrogens (tertiary/aromatic N) is 4. The molecule has 2 rings (SSSR count). The van der Waals surface area contributed by atoms with Gasteiger partial charge >= 0.3 is 6.18 Å². The van der Waals surface area contributed by atoms with Crippen molar-refractivity contribution in [2.24, 2.45) is 7.05 Å². The summed E-state index contributed by atoms with van der Waals surface area (Å²) in [7, 11) is 1.79. The predicted molar refractivity (Wildman–Crippen MR) is 63.6 cm³/mol. The quantitative estimate of drug-likeness (QED) is 0.928. The molecule has 0 saturated heterocycles. The van der Waals surface area contributed by atoms with Crippen molar-refractivity contribution >= 4 is 5.82 Å². The monoisotopic (exact) mass is 273 g/mol. The molecule has 2 aromatic rings. The number of aromatic nitrogens is 4. The predicted octanol–water partition coefficient (Wildman–Crippen LogP) is 2.10. The molecule has 0 unspecified atom stereocenters. The number of nitrogens with one attached hydrogen (secondary N) is 1. The van der Waals surface area contributed by atoms with Gasteiger partial charge in [-0.25, -0.2) is 0 Å². The summed E-state index contributed by atoms with van der Waals surface area (Å²) in [5, 5.41) is 10.9. The van der Waals surface area contributed by atoms with Crippen molar-refractivity contribution in [1.82, 2.24) is 19.6 Å². The zero-order chi connectivity index (χ0) is 14.0. The molecule has 0 saturated carbocycles. The standard InChI is InChI=1S/C11H14F3N5/c1-8-3-10(18(2)17-8)15-4-9-5-16-19(6-9)7-11(12,13)14/h3,5-6,15H,4,7H2,1-2H3. The summed E-state index contributed by atoms with van der Waals surface area (Å²) in [6.45, 7) is 1.20. The number of hydrogen-bond donors (Lipinski definition) is 1. The van der Waals surface area contributed by atoms with E-state index in [0.29, 0.717) is 12.1 Å². The van der Waals surface area contributed by atoms with Crippen LogP contribution in [0.15, 0.2) is 18.5 Å². The third-order valence-electron chi connectivity index (χ3n) is 2.50. The average molecular weight is 273 g/mol. The Morgan fingerprint density at radius 2 is 2.11 bits per heavy atom. The van der Waals surface area contributed by atoms with Crippen molar-refractivity contribution in [3.63, 3.8) is 0 Å². The van der Waals surface area contributed by atoms with Crippen LogP contribution in [0.5, 0.6) is 0 Å². The summed E-state index contributed by atoms with van der Waals surface area (Å²) in [5.41, 5.74) is 1.56. The largest absolute Gasteiger partial charge is 0.408 e. The van der Waals surface area contributed by atoms with Gasteiger partial charge in [-0.15, -0.1) is 0 Å². The highest BCUT2D eigenvalue weighted by Gasteiger charge is 2.28. The molecular formula is C11H14F3N5. The van der Waals surface area contributed by atoms with Gasteiger partial charge in [0.05, 0.1) is 11.9 Å². The fourth-order valence-electron chi connectivity index (χ4n) is 1.74. The topological polar surface area (TPSA) is 47.7 Å². The first-order valence-electron chi connectivity index (χ1n) is 5.66. The van der Waals surface area contributed by atoms with Gasteiger partial charge in [-0.1, -0.05) is 0 Å². The molecule has 2 heterocycles. The van der Waals surface area contributed by atoms with E-state index in [1.807, 2.05) is 13.0 Å². The Bertz CT molecular complexity index is 555. The molecule has 5 nitrogen and oxygen atoms in total. The maximum atomic E-state index is 12.2. The Kier molecular flexibility index (Phi) is 3.50. The first-order chi connectivity index (χ1) is 8.83. The molecule has 8 heteroatoms. The smallest absolute Gasteiger partial charge is 0.366 e. The fraction of sp³-hybridized carbons (Fsp3) is 0.455. The van der Waals surface area contributed by atoms with Crippen LogP contribution >= 0.6 is 0 Å². The Hall–Kier alpha value is -1.99. The first kappa shape index (κ1) is 13.4. The Balaban J connectivity index is 1.95. The molecule has 0 amide bonds. The van der Waals surface area contributed by atoms with Gasteiger partial charge in [0.25, 0.3) is 0 Å². The minimum Gasteiger partial charge on any atom is -0.366 e. The van der Waals surface area contributed by atoms with Crippen molar-refractivity contribution < 1.29 is 13.2 Å². The SMILES string of the molecule is Cc1cc(NCc2cnn(CC(F)(F)F)c2)n(C)n1. The highest BCUT2D eigenvalue weighted by atomic mass is 19.4. The summed E-state index contributed by atoms with van der Waals surface area (Å²) in [6, 6.07) is 1.86. The fourth-order valence-corrected chi connectivity index (χ4v) is 1.74. The van der Waals surface area contributed by atoms with Gasteiger partial charge in [-0.2, -0.15) is 23.4 Å². The van der Waals surface area contributed by atoms with Crippen LogP contribution in [0.2, 0.25) is 0 Å². The molecule has 1 N–H and O–H groups in total. The van der Waals surface area contributed by atoms with E-state index in [-0.39, 0.29) is 0 Å². The molecule has 0 aliphatic rings. The van der Waals surface area contributed by atoms with Crippen molar-refractivity contribution in [3.8, 4) is 0 Å². The molecule has 2 aromatic heterocycles. The van der Waals surface area contributed by atoms with E-state index in [0.717, 1.165) is 16.2 Å². The number of hydrogen-bond acceptors (Lipinski definition) is 3. The first-order valence-corrected chi connectivity index (χ1v) is 5.66. The van der Waals surface area contributed by atoms with Gasteiger partial charge in [-0.3, -0.25) is 9.36 Å². The van der Waals surface area contributed by atoms with Gasteiger partial charge in [-0.05, 0) is 6.92 Å². The number of rotatable bonds is 4. The van der Waals surface area contributed by atoms with Crippen LogP contribution in [0.1, 0.15) is 11.3 Å². The van der Waals surface area contributed by atoms with E-state index in [4.69, 9.17) is 0 Å². The van der Waals surface area contributed by atoms with Crippen molar-refractivity contribution in [3.05, 3.63) is 29.7 Å². The van der Waals surface area contributed by atoms with Crippen LogP contribution in [0.3, 0.4) is 0 Å². The normalized spacial score (nSPS) is 11.8. The van der Waals surface area contributed by atoms with Gasteiger partial charge in [0, 0.05) is 31.4 Å². The van der Waals surface area contributed by atoms with Crippen LogP contribution in [0.4, 0.5) is 19.0 Å². The molecule has 0 atom stereocenters. The Labute approximate surface area is 108 Å². The summed E-state index contributed by atoms with van der Waals surface area (Å²) in [5.74, 6) is 0.807. The minimum absolute atomic E-state index is 0.400. The lowest BCUT2D eigenvalue weighted by Gasteiger charge is -2.05. The zero-order valence-electron chi connectivity index (χ0n) is 10.6. The summed E-state index contributed by atoms with van der Waals surface area (Å²) in [4.78, 5) is 0. The molecular weight excluding hydrogens is 259 g/mol. The summed E-state index contributed by atoms with van der Waals surface area (Å²) < 4.78 is 39.1. The number of anilines is 1. The molecule has 19 heavy (non-hydrogen) atoms. The maximum Gasteiger partial charge on any atom is 0.408 e. The second kappa shape index (κ2) is 4.94. The van der Waals surface area contributed by atoms with Gasteiger partial charge in [0.1, 0.15) is 12.4 Å². The molecule has 0 aromatic carbocycles. The number of halogens is 3. The number of alkyl halides is 3. The van der Waals surface area contributed by atoms with Crippen LogP contribution in [-0.2, 0) is 20.1 Å². The Morgan fingerprint density at radius 1 is 1.37 bits per heavy atom. The second-order valence-electron chi connectivity index (χ2n) is 4.31. The molecule has 104 valence electrons. The van der Waals surface area contributed by atoms with E-state index in [2.05, 4.69) is 15.5 Å². The van der Waals surface area contributed by atoms with Gasteiger partial charge in [0.15, 0.2) is 0 Å². The van der Waals surface area contributed by atoms with Crippen LogP contribution in [-0.4, -0.2) is 25.7 Å². The van der Waals surface area contributed by atoms with Crippen molar-refractivity contribution in [2.75, 3.05) is 5.32 Å². The van der Waals surface area contributed by atoms with E-state index < -0.39 is 12.7 Å². The van der Waals surface area contributed by atoms with Crippen LogP contribution in [0, 0.1) is 6.92 Å². The molecule has 0 aliphatic carbocycles. The van der Waals surface area contributed by atoms with Gasteiger partial charge in [0.2, 0.25) is 0 Å². The second-order valence-corrected chi connectivity index (χ2v) is 4.31. The summed E-state index contributed by atoms with van der Waals surface area (Å²) in [6.07, 6.45) is -1.46. The zero-order valence-corrected chi connectivity index (χ0v) is 10.6. The van der Waals surface area contributed by atoms with Crippen molar-refractivity contribution in [2.45, 2.75) is 26.2 Å². The lowest BCUT2D eigenvalue weighted by Crippen LogP contribution is -2.17. The molecule has 0 spiro atoms. The third-order valence-corrected chi connectivity index (χ3v) is 2.50. The van der Waals surface area contributed by atoms with E-state index in [1.165, 1.54) is 12.4 Å². The molecule has 0 aliphatic heterocycles. The Morgan fingerprint density at radius 3 is 2.68 bits per heavy atom. The highest BCUT2D eigenvalue weighted by Crippen LogP contribution is 2.17. The van der Waals surface area contributed by atoms with Gasteiger partial charge < -0.3 is 5.32 Å². The minimum atomic E-state index is -4.25. The average Bonchev–Trinajstić information content (AvgIpc) is 2.80. The summed E-state index contributed by atoms with van der Waals surface area (Å²) >= 11 is 0. The molecule has 0 fully saturated rings. The van der Waals surface area contributed by atoms with Crippen molar-refractivity contribution in [1.29, 1.82) is 0 Å². The van der Waals surface area contributed by atoms with E-state index in [9.17, 15) is 13.2 Å². The maximum absolute atomic E-state index is 12.2.